The molecule has 1 aliphatic rings. The van der Waals surface area contributed by atoms with Gasteiger partial charge in [-0.1, -0.05) is 42.5 Å². The van der Waals surface area contributed by atoms with Crippen molar-refractivity contribution in [1.29, 1.82) is 0 Å². The summed E-state index contributed by atoms with van der Waals surface area (Å²) in [5, 5.41) is 0. The van der Waals surface area contributed by atoms with Crippen LogP contribution in [0, 0.1) is 0 Å². The lowest BCUT2D eigenvalue weighted by Gasteiger charge is -2.21. The van der Waals surface area contributed by atoms with Gasteiger partial charge in [-0.2, -0.15) is 0 Å². The number of thioether (sulfide) groups is 1. The van der Waals surface area contributed by atoms with Gasteiger partial charge in [0, 0.05) is 10.6 Å². The van der Waals surface area contributed by atoms with Crippen molar-refractivity contribution < 1.29 is 9.64 Å². The smallest absolute Gasteiger partial charge is 0.109 e. The van der Waals surface area contributed by atoms with E-state index in [2.05, 4.69) is 62.6 Å². The van der Waals surface area contributed by atoms with Gasteiger partial charge in [0.15, 0.2) is 0 Å². The van der Waals surface area contributed by atoms with Gasteiger partial charge in [0.25, 0.3) is 0 Å². The van der Waals surface area contributed by atoms with Gasteiger partial charge in [-0.05, 0) is 22.8 Å². The van der Waals surface area contributed by atoms with E-state index in [0.29, 0.717) is 0 Å². The zero-order chi connectivity index (χ0) is 14.7. The molecule has 110 valence electrons. The highest BCUT2D eigenvalue weighted by Crippen LogP contribution is 2.40. The maximum absolute atomic E-state index is 6.29. The monoisotopic (exact) mass is 300 g/mol. The second-order valence-corrected chi connectivity index (χ2v) is 6.75. The third-order valence-electron chi connectivity index (χ3n) is 3.81. The first-order valence-electron chi connectivity index (χ1n) is 7.46. The quantitative estimate of drug-likeness (QED) is 0.932. The molecule has 1 heterocycles. The largest absolute Gasteiger partial charge is 0.363 e. The normalized spacial score (nSPS) is 17.2. The SMILES string of the molecule is C[NH+](C)CCO[C@H]1c2ccccc2CSc2ccccc21. The summed E-state index contributed by atoms with van der Waals surface area (Å²) < 4.78 is 6.29. The lowest BCUT2D eigenvalue weighted by atomic mass is 9.97. The van der Waals surface area contributed by atoms with Gasteiger partial charge >= 0.3 is 0 Å². The number of quaternary nitrogens is 1. The van der Waals surface area contributed by atoms with Crippen molar-refractivity contribution in [1.82, 2.24) is 0 Å². The summed E-state index contributed by atoms with van der Waals surface area (Å²) in [5.74, 6) is 1.02. The fourth-order valence-corrected chi connectivity index (χ4v) is 3.72. The van der Waals surface area contributed by atoms with Gasteiger partial charge in [-0.25, -0.2) is 0 Å². The van der Waals surface area contributed by atoms with E-state index in [1.807, 2.05) is 11.8 Å². The Morgan fingerprint density at radius 3 is 2.57 bits per heavy atom. The number of hydrogen-bond acceptors (Lipinski definition) is 2. The molecule has 2 aromatic rings. The van der Waals surface area contributed by atoms with Crippen LogP contribution in [-0.2, 0) is 10.5 Å². The first-order chi connectivity index (χ1) is 10.3. The molecule has 21 heavy (non-hydrogen) atoms. The van der Waals surface area contributed by atoms with Crippen LogP contribution in [0.4, 0.5) is 0 Å². The second-order valence-electron chi connectivity index (χ2n) is 5.73. The van der Waals surface area contributed by atoms with E-state index < -0.39 is 0 Å². The topological polar surface area (TPSA) is 13.7 Å². The fourth-order valence-electron chi connectivity index (χ4n) is 2.63. The Morgan fingerprint density at radius 1 is 1.05 bits per heavy atom. The first-order valence-corrected chi connectivity index (χ1v) is 8.44. The van der Waals surface area contributed by atoms with Crippen LogP contribution in [-0.4, -0.2) is 27.2 Å². The van der Waals surface area contributed by atoms with Crippen LogP contribution in [0.15, 0.2) is 53.4 Å². The molecule has 0 amide bonds. The van der Waals surface area contributed by atoms with Crippen molar-refractivity contribution >= 4 is 11.8 Å². The maximum Gasteiger partial charge on any atom is 0.109 e. The molecule has 0 aliphatic carbocycles. The maximum atomic E-state index is 6.29. The fraction of sp³-hybridized carbons (Fsp3) is 0.333. The molecule has 1 N–H and O–H groups in total. The zero-order valence-corrected chi connectivity index (χ0v) is 13.5. The Hall–Kier alpha value is -1.29. The van der Waals surface area contributed by atoms with Gasteiger partial charge < -0.3 is 9.64 Å². The number of ether oxygens (including phenoxy) is 1. The van der Waals surface area contributed by atoms with E-state index in [9.17, 15) is 0 Å². The van der Waals surface area contributed by atoms with E-state index >= 15 is 0 Å². The molecule has 0 fully saturated rings. The van der Waals surface area contributed by atoms with Crippen molar-refractivity contribution in [2.45, 2.75) is 16.8 Å². The van der Waals surface area contributed by atoms with Crippen LogP contribution in [0.3, 0.4) is 0 Å². The van der Waals surface area contributed by atoms with Gasteiger partial charge in [-0.3, -0.25) is 0 Å². The molecule has 0 saturated heterocycles. The zero-order valence-electron chi connectivity index (χ0n) is 12.6. The predicted octanol–water partition coefficient (Wildman–Crippen LogP) is 2.54. The van der Waals surface area contributed by atoms with E-state index in [0.717, 1.165) is 18.9 Å². The molecule has 2 aromatic carbocycles. The summed E-state index contributed by atoms with van der Waals surface area (Å²) in [7, 11) is 4.32. The third-order valence-corrected chi connectivity index (χ3v) is 4.95. The predicted molar refractivity (Wildman–Crippen MR) is 87.9 cm³/mol. The number of rotatable bonds is 4. The van der Waals surface area contributed by atoms with E-state index in [1.165, 1.54) is 26.5 Å². The molecule has 0 bridgehead atoms. The molecular formula is C18H22NOS+. The number of hydrogen-bond donors (Lipinski definition) is 1. The Kier molecular flexibility index (Phi) is 4.63. The first kappa shape index (κ1) is 14.6. The van der Waals surface area contributed by atoms with E-state index in [4.69, 9.17) is 4.74 Å². The standard InChI is InChI=1S/C18H21NOS/c1-19(2)11-12-20-18-15-8-4-3-7-14(15)13-21-17-10-6-5-9-16(17)18/h3-10,18H,11-13H2,1-2H3/p+1/t18-/m0/s1. The lowest BCUT2D eigenvalue weighted by molar-refractivity contribution is -0.858. The van der Waals surface area contributed by atoms with Crippen LogP contribution >= 0.6 is 11.8 Å². The minimum absolute atomic E-state index is 0.0618. The summed E-state index contributed by atoms with van der Waals surface area (Å²) in [6, 6.07) is 17.3. The Bertz CT molecular complexity index is 564. The lowest BCUT2D eigenvalue weighted by Crippen LogP contribution is -3.06. The van der Waals surface area contributed by atoms with Crippen molar-refractivity contribution in [2.24, 2.45) is 0 Å². The minimum Gasteiger partial charge on any atom is -0.363 e. The molecule has 0 unspecified atom stereocenters. The number of fused-ring (bicyclic) bond motifs is 2. The van der Waals surface area contributed by atoms with Crippen molar-refractivity contribution in [2.75, 3.05) is 27.2 Å². The molecule has 1 atom stereocenters. The van der Waals surface area contributed by atoms with Crippen LogP contribution in [0.2, 0.25) is 0 Å². The van der Waals surface area contributed by atoms with E-state index in [1.54, 1.807) is 0 Å². The summed E-state index contributed by atoms with van der Waals surface area (Å²) in [4.78, 5) is 2.76. The number of likely N-dealkylation sites (N-methyl/N-ethyl adjacent to an activating group) is 1. The summed E-state index contributed by atoms with van der Waals surface area (Å²) in [5.41, 5.74) is 4.02. The van der Waals surface area contributed by atoms with Crippen LogP contribution in [0.1, 0.15) is 22.8 Å². The van der Waals surface area contributed by atoms with Gasteiger partial charge in [0.1, 0.15) is 12.6 Å². The van der Waals surface area contributed by atoms with Gasteiger partial charge in [-0.15, -0.1) is 11.8 Å². The second kappa shape index (κ2) is 6.65. The van der Waals surface area contributed by atoms with E-state index in [-0.39, 0.29) is 6.10 Å². The molecular weight excluding hydrogens is 278 g/mol. The summed E-state index contributed by atoms with van der Waals surface area (Å²) >= 11 is 1.91. The molecule has 1 aliphatic heterocycles. The highest BCUT2D eigenvalue weighted by Gasteiger charge is 2.24. The molecule has 0 spiro atoms. The van der Waals surface area contributed by atoms with Crippen molar-refractivity contribution in [3.63, 3.8) is 0 Å². The molecule has 3 heteroatoms. The highest BCUT2D eigenvalue weighted by atomic mass is 32.2. The van der Waals surface area contributed by atoms with Crippen molar-refractivity contribution in [3.05, 3.63) is 65.2 Å². The highest BCUT2D eigenvalue weighted by molar-refractivity contribution is 7.98. The Labute approximate surface area is 131 Å². The van der Waals surface area contributed by atoms with Gasteiger partial charge in [0.05, 0.1) is 20.7 Å². The average Bonchev–Trinajstić information content (AvgIpc) is 2.65. The summed E-state index contributed by atoms with van der Waals surface area (Å²) in [6.07, 6.45) is 0.0618. The van der Waals surface area contributed by atoms with Crippen molar-refractivity contribution in [3.8, 4) is 0 Å². The molecule has 0 aromatic heterocycles. The summed E-state index contributed by atoms with van der Waals surface area (Å²) in [6.45, 7) is 1.80. The minimum atomic E-state index is 0.0618. The molecule has 2 nitrogen and oxygen atoms in total. The van der Waals surface area contributed by atoms with Crippen LogP contribution < -0.4 is 4.90 Å². The number of nitrogens with one attached hydrogen (secondary N) is 1. The van der Waals surface area contributed by atoms with Crippen LogP contribution in [0.5, 0.6) is 0 Å². The molecule has 0 saturated carbocycles. The Balaban J connectivity index is 1.95. The van der Waals surface area contributed by atoms with Crippen LogP contribution in [0.25, 0.3) is 0 Å². The van der Waals surface area contributed by atoms with Gasteiger partial charge in [0.2, 0.25) is 0 Å². The molecule has 3 rings (SSSR count). The number of benzene rings is 2. The molecule has 0 radical (unpaired) electrons. The third kappa shape index (κ3) is 3.31. The Morgan fingerprint density at radius 2 is 1.76 bits per heavy atom. The average molecular weight is 300 g/mol.